The van der Waals surface area contributed by atoms with Crippen molar-refractivity contribution in [2.75, 3.05) is 41.0 Å². The van der Waals surface area contributed by atoms with Gasteiger partial charge in [0.1, 0.15) is 5.54 Å². The lowest BCUT2D eigenvalue weighted by atomic mass is 9.74. The standard InChI is InChI=1S/C27H36N2O6S/c1-20-10-12-23(13-11-20)36(31,32)29-15-14-24-22(16-25(34-3)35-4)18-28(17-21-8-6-5-7-9-21)27(24,19-33-2)26(29)30/h5-13,22,24-25H,14-19H2,1-4H3/t22-,24-,27+/m1/s1. The molecule has 0 radical (unpaired) electrons. The quantitative estimate of drug-likeness (QED) is 0.449. The van der Waals surface area contributed by atoms with Crippen molar-refractivity contribution < 1.29 is 27.4 Å². The Kier molecular flexibility index (Phi) is 8.16. The van der Waals surface area contributed by atoms with Gasteiger partial charge in [-0.15, -0.1) is 0 Å². The molecule has 0 spiro atoms. The van der Waals surface area contributed by atoms with Crippen LogP contribution in [0.2, 0.25) is 0 Å². The van der Waals surface area contributed by atoms with Gasteiger partial charge in [0.2, 0.25) is 0 Å². The molecular weight excluding hydrogens is 480 g/mol. The number of methoxy groups -OCH3 is 3. The number of ether oxygens (including phenoxy) is 3. The number of hydrogen-bond acceptors (Lipinski definition) is 7. The Labute approximate surface area is 214 Å². The molecule has 0 aromatic heterocycles. The van der Waals surface area contributed by atoms with Crippen LogP contribution in [0.25, 0.3) is 0 Å². The monoisotopic (exact) mass is 516 g/mol. The summed E-state index contributed by atoms with van der Waals surface area (Å²) in [5, 5.41) is 0. The van der Waals surface area contributed by atoms with Crippen LogP contribution in [-0.4, -0.2) is 76.4 Å². The molecule has 3 atom stereocenters. The lowest BCUT2D eigenvalue weighted by molar-refractivity contribution is -0.151. The van der Waals surface area contributed by atoms with Gasteiger partial charge in [-0.25, -0.2) is 12.7 Å². The molecule has 0 unspecified atom stereocenters. The van der Waals surface area contributed by atoms with Gasteiger partial charge in [0, 0.05) is 47.4 Å². The predicted octanol–water partition coefficient (Wildman–Crippen LogP) is 3.06. The largest absolute Gasteiger partial charge is 0.382 e. The first-order chi connectivity index (χ1) is 17.3. The van der Waals surface area contributed by atoms with Gasteiger partial charge in [-0.1, -0.05) is 48.0 Å². The summed E-state index contributed by atoms with van der Waals surface area (Å²) in [6.07, 6.45) is 0.735. The van der Waals surface area contributed by atoms with E-state index < -0.39 is 27.8 Å². The summed E-state index contributed by atoms with van der Waals surface area (Å²) in [5.74, 6) is -0.459. The number of rotatable bonds is 10. The van der Waals surface area contributed by atoms with Crippen molar-refractivity contribution in [1.29, 1.82) is 0 Å². The lowest BCUT2D eigenvalue weighted by Crippen LogP contribution is -2.66. The number of amides is 1. The fraction of sp³-hybridized carbons (Fsp3) is 0.519. The molecule has 2 aromatic carbocycles. The normalized spacial score (nSPS) is 24.9. The summed E-state index contributed by atoms with van der Waals surface area (Å²) < 4.78 is 45.1. The van der Waals surface area contributed by atoms with E-state index in [0.717, 1.165) is 15.4 Å². The third-order valence-corrected chi connectivity index (χ3v) is 9.45. The number of nitrogens with zero attached hydrogens (tertiary/aromatic N) is 2. The number of benzene rings is 2. The van der Waals surface area contributed by atoms with Crippen LogP contribution in [0.15, 0.2) is 59.5 Å². The molecule has 2 aliphatic heterocycles. The third-order valence-electron chi connectivity index (χ3n) is 7.65. The van der Waals surface area contributed by atoms with Crippen LogP contribution in [-0.2, 0) is 35.6 Å². The van der Waals surface area contributed by atoms with Crippen molar-refractivity contribution >= 4 is 15.9 Å². The Morgan fingerprint density at radius 3 is 2.31 bits per heavy atom. The zero-order chi connectivity index (χ0) is 25.9. The van der Waals surface area contributed by atoms with Crippen molar-refractivity contribution in [2.45, 2.75) is 43.0 Å². The first-order valence-electron chi connectivity index (χ1n) is 12.2. The summed E-state index contributed by atoms with van der Waals surface area (Å²) in [4.78, 5) is 16.6. The molecule has 1 amide bonds. The molecule has 2 saturated heterocycles. The second kappa shape index (κ2) is 11.0. The molecule has 0 bridgehead atoms. The zero-order valence-electron chi connectivity index (χ0n) is 21.4. The van der Waals surface area contributed by atoms with E-state index in [9.17, 15) is 13.2 Å². The Morgan fingerprint density at radius 1 is 1.03 bits per heavy atom. The second-order valence-electron chi connectivity index (χ2n) is 9.71. The molecule has 2 heterocycles. The molecule has 196 valence electrons. The predicted molar refractivity (Wildman–Crippen MR) is 136 cm³/mol. The highest BCUT2D eigenvalue weighted by Gasteiger charge is 2.63. The van der Waals surface area contributed by atoms with Gasteiger partial charge in [0.15, 0.2) is 6.29 Å². The number of fused-ring (bicyclic) bond motifs is 1. The van der Waals surface area contributed by atoms with Crippen LogP contribution in [0.4, 0.5) is 0 Å². The van der Waals surface area contributed by atoms with Crippen LogP contribution in [0.3, 0.4) is 0 Å². The maximum Gasteiger partial charge on any atom is 0.266 e. The minimum Gasteiger partial charge on any atom is -0.382 e. The molecule has 9 heteroatoms. The molecule has 4 rings (SSSR count). The highest BCUT2D eigenvalue weighted by Crippen LogP contribution is 2.48. The molecule has 0 saturated carbocycles. The smallest absolute Gasteiger partial charge is 0.266 e. The van der Waals surface area contributed by atoms with Crippen molar-refractivity contribution in [1.82, 2.24) is 9.21 Å². The second-order valence-corrected chi connectivity index (χ2v) is 11.6. The van der Waals surface area contributed by atoms with Gasteiger partial charge in [-0.05, 0) is 42.9 Å². The number of piperidine rings is 1. The first-order valence-corrected chi connectivity index (χ1v) is 13.7. The van der Waals surface area contributed by atoms with Gasteiger partial charge in [0.25, 0.3) is 15.9 Å². The Morgan fingerprint density at radius 2 is 1.69 bits per heavy atom. The van der Waals surface area contributed by atoms with E-state index in [1.165, 1.54) is 0 Å². The fourth-order valence-electron chi connectivity index (χ4n) is 5.87. The van der Waals surface area contributed by atoms with Gasteiger partial charge in [-0.2, -0.15) is 0 Å². The van der Waals surface area contributed by atoms with Crippen LogP contribution >= 0.6 is 0 Å². The Balaban J connectivity index is 1.75. The zero-order valence-corrected chi connectivity index (χ0v) is 22.2. The minimum atomic E-state index is -4.02. The summed E-state index contributed by atoms with van der Waals surface area (Å²) >= 11 is 0. The lowest BCUT2D eigenvalue weighted by Gasteiger charge is -2.47. The van der Waals surface area contributed by atoms with E-state index in [-0.39, 0.29) is 29.9 Å². The highest BCUT2D eigenvalue weighted by molar-refractivity contribution is 7.89. The summed E-state index contributed by atoms with van der Waals surface area (Å²) in [7, 11) is 0.759. The van der Waals surface area contributed by atoms with E-state index in [1.54, 1.807) is 45.6 Å². The molecule has 0 aliphatic carbocycles. The summed E-state index contributed by atoms with van der Waals surface area (Å²) in [5.41, 5.74) is 0.888. The Hall–Kier alpha value is -2.30. The number of carbonyl (C=O) groups excluding carboxylic acids is 1. The van der Waals surface area contributed by atoms with E-state index in [2.05, 4.69) is 4.90 Å². The van der Waals surface area contributed by atoms with E-state index in [4.69, 9.17) is 14.2 Å². The molecule has 8 nitrogen and oxygen atoms in total. The van der Waals surface area contributed by atoms with E-state index in [1.807, 2.05) is 37.3 Å². The number of hydrogen-bond donors (Lipinski definition) is 0. The van der Waals surface area contributed by atoms with Crippen LogP contribution < -0.4 is 0 Å². The van der Waals surface area contributed by atoms with Crippen molar-refractivity contribution in [3.63, 3.8) is 0 Å². The minimum absolute atomic E-state index is 0.0712. The molecule has 36 heavy (non-hydrogen) atoms. The van der Waals surface area contributed by atoms with Crippen molar-refractivity contribution in [3.8, 4) is 0 Å². The van der Waals surface area contributed by atoms with Gasteiger partial charge >= 0.3 is 0 Å². The molecular formula is C27H36N2O6S. The van der Waals surface area contributed by atoms with E-state index >= 15 is 0 Å². The summed E-state index contributed by atoms with van der Waals surface area (Å²) in [6.45, 7) is 3.24. The van der Waals surface area contributed by atoms with Crippen LogP contribution in [0, 0.1) is 18.8 Å². The topological polar surface area (TPSA) is 85.4 Å². The summed E-state index contributed by atoms with van der Waals surface area (Å²) in [6, 6.07) is 16.5. The number of carbonyl (C=O) groups is 1. The third kappa shape index (κ3) is 4.82. The number of likely N-dealkylation sites (tertiary alicyclic amines) is 1. The van der Waals surface area contributed by atoms with Crippen LogP contribution in [0.1, 0.15) is 24.0 Å². The first kappa shape index (κ1) is 26.8. The molecule has 2 fully saturated rings. The van der Waals surface area contributed by atoms with Crippen molar-refractivity contribution in [2.24, 2.45) is 11.8 Å². The number of sulfonamides is 1. The van der Waals surface area contributed by atoms with Gasteiger partial charge in [-0.3, -0.25) is 9.69 Å². The molecule has 2 aromatic rings. The maximum absolute atomic E-state index is 14.3. The SMILES string of the molecule is COC[C@@]12C(=O)N(S(=O)(=O)c3ccc(C)cc3)CC[C@@H]1[C@H](CC(OC)OC)CN2Cc1ccccc1. The average molecular weight is 517 g/mol. The highest BCUT2D eigenvalue weighted by atomic mass is 32.2. The van der Waals surface area contributed by atoms with Gasteiger partial charge < -0.3 is 14.2 Å². The Bertz CT molecular complexity index is 1140. The number of aryl methyl sites for hydroxylation is 1. The van der Waals surface area contributed by atoms with Crippen LogP contribution in [0.5, 0.6) is 0 Å². The van der Waals surface area contributed by atoms with Gasteiger partial charge in [0.05, 0.1) is 11.5 Å². The fourth-order valence-corrected chi connectivity index (χ4v) is 7.33. The molecule has 0 N–H and O–H groups in total. The van der Waals surface area contributed by atoms with E-state index in [0.29, 0.717) is 25.9 Å². The maximum atomic E-state index is 14.3. The van der Waals surface area contributed by atoms with Crippen molar-refractivity contribution in [3.05, 3.63) is 65.7 Å². The average Bonchev–Trinajstić information content (AvgIpc) is 3.17. The molecule has 2 aliphatic rings.